The Morgan fingerprint density at radius 1 is 1.26 bits per heavy atom. The zero-order chi connectivity index (χ0) is 18.9. The molecule has 0 amide bonds. The van der Waals surface area contributed by atoms with E-state index in [1.807, 2.05) is 19.2 Å². The number of nitrogens with one attached hydrogen (secondary N) is 2. The molecule has 0 saturated carbocycles. The standard InChI is InChI=1S/C20H27FN4S2/c1-22-20(23-9-13-27-19-4-2-17(21)3-5-19)24-18-6-10-25(11-7-18)14-16-8-12-26-15-16/h2-5,8,12,15,18H,6-7,9-11,13-14H2,1H3,(H2,22,23,24). The lowest BCUT2D eigenvalue weighted by atomic mass is 10.0. The van der Waals surface area contributed by atoms with E-state index >= 15 is 0 Å². The van der Waals surface area contributed by atoms with Crippen molar-refractivity contribution in [1.29, 1.82) is 0 Å². The van der Waals surface area contributed by atoms with Crippen molar-refractivity contribution in [2.24, 2.45) is 4.99 Å². The molecule has 2 N–H and O–H groups in total. The van der Waals surface area contributed by atoms with E-state index in [1.165, 1.54) is 17.7 Å². The smallest absolute Gasteiger partial charge is 0.191 e. The van der Waals surface area contributed by atoms with Crippen LogP contribution >= 0.6 is 23.1 Å². The van der Waals surface area contributed by atoms with E-state index in [0.29, 0.717) is 6.04 Å². The monoisotopic (exact) mass is 406 g/mol. The number of hydrogen-bond acceptors (Lipinski definition) is 4. The molecule has 0 unspecified atom stereocenters. The molecule has 1 aromatic carbocycles. The number of aliphatic imine (C=N–C) groups is 1. The van der Waals surface area contributed by atoms with Gasteiger partial charge in [-0.1, -0.05) is 0 Å². The number of benzene rings is 1. The Hall–Kier alpha value is -1.57. The van der Waals surface area contributed by atoms with Crippen LogP contribution in [0.2, 0.25) is 0 Å². The number of halogens is 1. The Labute approximate surface area is 169 Å². The molecule has 0 spiro atoms. The van der Waals surface area contributed by atoms with Crippen LogP contribution in [0, 0.1) is 5.82 Å². The molecule has 1 aromatic heterocycles. The van der Waals surface area contributed by atoms with Gasteiger partial charge in [-0.2, -0.15) is 11.3 Å². The molecule has 146 valence electrons. The molecule has 0 aliphatic carbocycles. The summed E-state index contributed by atoms with van der Waals surface area (Å²) in [7, 11) is 1.81. The molecule has 27 heavy (non-hydrogen) atoms. The van der Waals surface area contributed by atoms with Crippen LogP contribution in [0.3, 0.4) is 0 Å². The van der Waals surface area contributed by atoms with E-state index in [9.17, 15) is 4.39 Å². The molecule has 3 rings (SSSR count). The van der Waals surface area contributed by atoms with Crippen LogP contribution in [0.25, 0.3) is 0 Å². The van der Waals surface area contributed by atoms with Gasteiger partial charge >= 0.3 is 0 Å². The van der Waals surface area contributed by atoms with Gasteiger partial charge in [0.15, 0.2) is 5.96 Å². The van der Waals surface area contributed by atoms with Crippen LogP contribution in [-0.4, -0.2) is 49.3 Å². The Morgan fingerprint density at radius 2 is 2.04 bits per heavy atom. The minimum Gasteiger partial charge on any atom is -0.356 e. The van der Waals surface area contributed by atoms with Crippen LogP contribution in [0.5, 0.6) is 0 Å². The molecule has 1 saturated heterocycles. The van der Waals surface area contributed by atoms with Crippen molar-refractivity contribution in [3.63, 3.8) is 0 Å². The van der Waals surface area contributed by atoms with E-state index in [4.69, 9.17) is 0 Å². The Balaban J connectivity index is 1.32. The summed E-state index contributed by atoms with van der Waals surface area (Å²) in [6.07, 6.45) is 2.27. The topological polar surface area (TPSA) is 39.7 Å². The number of thiophene rings is 1. The number of guanidine groups is 1. The van der Waals surface area contributed by atoms with Gasteiger partial charge in [0.1, 0.15) is 5.82 Å². The van der Waals surface area contributed by atoms with Gasteiger partial charge in [0.05, 0.1) is 0 Å². The highest BCUT2D eigenvalue weighted by atomic mass is 32.2. The molecule has 4 nitrogen and oxygen atoms in total. The summed E-state index contributed by atoms with van der Waals surface area (Å²) >= 11 is 3.48. The van der Waals surface area contributed by atoms with E-state index < -0.39 is 0 Å². The first-order chi connectivity index (χ1) is 13.2. The second-order valence-corrected chi connectivity index (χ2v) is 8.58. The van der Waals surface area contributed by atoms with E-state index in [0.717, 1.165) is 55.6 Å². The summed E-state index contributed by atoms with van der Waals surface area (Å²) in [5, 5.41) is 11.3. The van der Waals surface area contributed by atoms with Gasteiger partial charge in [-0.25, -0.2) is 4.39 Å². The molecule has 0 bridgehead atoms. The van der Waals surface area contributed by atoms with Gasteiger partial charge < -0.3 is 10.6 Å². The SMILES string of the molecule is CN=C(NCCSc1ccc(F)cc1)NC1CCN(Cc2ccsc2)CC1. The van der Waals surface area contributed by atoms with Gasteiger partial charge in [0, 0.05) is 49.9 Å². The minimum absolute atomic E-state index is 0.191. The van der Waals surface area contributed by atoms with Gasteiger partial charge in [-0.3, -0.25) is 9.89 Å². The lowest BCUT2D eigenvalue weighted by Crippen LogP contribution is -2.48. The number of likely N-dealkylation sites (tertiary alicyclic amines) is 1. The fourth-order valence-corrected chi connectivity index (χ4v) is 4.56. The first kappa shape index (κ1) is 20.2. The van der Waals surface area contributed by atoms with E-state index in [-0.39, 0.29) is 5.82 Å². The minimum atomic E-state index is -0.191. The number of nitrogens with zero attached hydrogens (tertiary/aromatic N) is 2. The number of rotatable bonds is 7. The van der Waals surface area contributed by atoms with Crippen LogP contribution in [0.4, 0.5) is 4.39 Å². The molecule has 7 heteroatoms. The zero-order valence-electron chi connectivity index (χ0n) is 15.7. The molecular weight excluding hydrogens is 379 g/mol. The molecule has 1 aliphatic rings. The van der Waals surface area contributed by atoms with Crippen molar-refractivity contribution in [1.82, 2.24) is 15.5 Å². The fraction of sp³-hybridized carbons (Fsp3) is 0.450. The first-order valence-corrected chi connectivity index (χ1v) is 11.2. The van der Waals surface area contributed by atoms with Crippen molar-refractivity contribution >= 4 is 29.1 Å². The number of thioether (sulfide) groups is 1. The van der Waals surface area contributed by atoms with Crippen LogP contribution < -0.4 is 10.6 Å². The molecular formula is C20H27FN4S2. The van der Waals surface area contributed by atoms with Crippen LogP contribution in [0.15, 0.2) is 51.0 Å². The number of piperidine rings is 1. The average Bonchev–Trinajstić information content (AvgIpc) is 3.20. The molecule has 1 aliphatic heterocycles. The zero-order valence-corrected chi connectivity index (χ0v) is 17.3. The summed E-state index contributed by atoms with van der Waals surface area (Å²) in [6.45, 7) is 4.11. The van der Waals surface area contributed by atoms with Crippen molar-refractivity contribution in [3.8, 4) is 0 Å². The molecule has 1 fully saturated rings. The second kappa shape index (κ2) is 10.7. The maximum absolute atomic E-state index is 12.9. The fourth-order valence-electron chi connectivity index (χ4n) is 3.13. The Morgan fingerprint density at radius 3 is 2.70 bits per heavy atom. The van der Waals surface area contributed by atoms with Crippen LogP contribution in [0.1, 0.15) is 18.4 Å². The van der Waals surface area contributed by atoms with Gasteiger partial charge in [0.25, 0.3) is 0 Å². The number of hydrogen-bond donors (Lipinski definition) is 2. The maximum atomic E-state index is 12.9. The third kappa shape index (κ3) is 6.83. The highest BCUT2D eigenvalue weighted by Crippen LogP contribution is 2.17. The highest BCUT2D eigenvalue weighted by Gasteiger charge is 2.20. The second-order valence-electron chi connectivity index (χ2n) is 6.63. The predicted octanol–water partition coefficient (Wildman–Crippen LogP) is 3.81. The lowest BCUT2D eigenvalue weighted by Gasteiger charge is -2.32. The highest BCUT2D eigenvalue weighted by molar-refractivity contribution is 7.99. The molecule has 0 radical (unpaired) electrons. The van der Waals surface area contributed by atoms with E-state index in [2.05, 4.69) is 37.4 Å². The Kier molecular flexibility index (Phi) is 7.98. The largest absolute Gasteiger partial charge is 0.356 e. The van der Waals surface area contributed by atoms with Gasteiger partial charge in [0.2, 0.25) is 0 Å². The van der Waals surface area contributed by atoms with Crippen molar-refractivity contribution in [2.75, 3.05) is 32.4 Å². The van der Waals surface area contributed by atoms with Gasteiger partial charge in [-0.05, 0) is 59.5 Å². The first-order valence-electron chi connectivity index (χ1n) is 9.32. The average molecular weight is 407 g/mol. The van der Waals surface area contributed by atoms with Crippen molar-refractivity contribution in [3.05, 3.63) is 52.5 Å². The normalized spacial score (nSPS) is 16.4. The summed E-state index contributed by atoms with van der Waals surface area (Å²) in [6, 6.07) is 9.32. The lowest BCUT2D eigenvalue weighted by molar-refractivity contribution is 0.198. The summed E-state index contributed by atoms with van der Waals surface area (Å²) in [5.74, 6) is 1.58. The quantitative estimate of drug-likeness (QED) is 0.317. The Bertz CT molecular complexity index is 695. The maximum Gasteiger partial charge on any atom is 0.191 e. The third-order valence-corrected chi connectivity index (χ3v) is 6.36. The van der Waals surface area contributed by atoms with E-state index in [1.54, 1.807) is 23.1 Å². The third-order valence-electron chi connectivity index (χ3n) is 4.62. The van der Waals surface area contributed by atoms with Crippen LogP contribution in [-0.2, 0) is 6.54 Å². The molecule has 2 aromatic rings. The van der Waals surface area contributed by atoms with Crippen molar-refractivity contribution in [2.45, 2.75) is 30.3 Å². The summed E-state index contributed by atoms with van der Waals surface area (Å²) in [5.41, 5.74) is 1.42. The summed E-state index contributed by atoms with van der Waals surface area (Å²) < 4.78 is 12.9. The molecule has 2 heterocycles. The van der Waals surface area contributed by atoms with Crippen molar-refractivity contribution < 1.29 is 4.39 Å². The summed E-state index contributed by atoms with van der Waals surface area (Å²) in [4.78, 5) is 7.95. The predicted molar refractivity (Wildman–Crippen MR) is 114 cm³/mol. The molecule has 0 atom stereocenters. The van der Waals surface area contributed by atoms with Gasteiger partial charge in [-0.15, -0.1) is 11.8 Å².